The zero-order chi connectivity index (χ0) is 13.7. The molecule has 0 aliphatic carbocycles. The van der Waals surface area contributed by atoms with Gasteiger partial charge in [0.05, 0.1) is 12.5 Å². The first-order valence-electron chi connectivity index (χ1n) is 5.84. The van der Waals surface area contributed by atoms with Crippen LogP contribution in [-0.2, 0) is 4.79 Å². The molecule has 98 valence electrons. The van der Waals surface area contributed by atoms with E-state index < -0.39 is 12.1 Å². The third kappa shape index (κ3) is 4.09. The van der Waals surface area contributed by atoms with Crippen molar-refractivity contribution < 1.29 is 14.6 Å². The fraction of sp³-hybridized carbons (Fsp3) is 0.133. The van der Waals surface area contributed by atoms with E-state index in [0.29, 0.717) is 16.3 Å². The van der Waals surface area contributed by atoms with E-state index in [1.54, 1.807) is 48.5 Å². The van der Waals surface area contributed by atoms with Crippen molar-refractivity contribution in [2.45, 2.75) is 12.5 Å². The third-order valence-electron chi connectivity index (χ3n) is 2.57. The number of benzene rings is 2. The molecule has 0 amide bonds. The number of hydrogen-bond acceptors (Lipinski definition) is 3. The number of rotatable bonds is 4. The molecule has 0 aliphatic heterocycles. The molecule has 0 heterocycles. The molecule has 0 saturated heterocycles. The zero-order valence-corrected chi connectivity index (χ0v) is 10.9. The van der Waals surface area contributed by atoms with Gasteiger partial charge in [-0.05, 0) is 29.8 Å². The van der Waals surface area contributed by atoms with E-state index in [2.05, 4.69) is 0 Å². The molecule has 2 aromatic rings. The zero-order valence-electron chi connectivity index (χ0n) is 10.1. The van der Waals surface area contributed by atoms with Gasteiger partial charge in [-0.1, -0.05) is 41.9 Å². The molecule has 0 spiro atoms. The van der Waals surface area contributed by atoms with Gasteiger partial charge in [0.1, 0.15) is 5.75 Å². The summed E-state index contributed by atoms with van der Waals surface area (Å²) in [5.74, 6) is -0.0236. The Hall–Kier alpha value is -1.84. The van der Waals surface area contributed by atoms with Crippen LogP contribution in [0, 0.1) is 0 Å². The maximum atomic E-state index is 11.7. The second kappa shape index (κ2) is 6.36. The number of esters is 1. The van der Waals surface area contributed by atoms with Crippen LogP contribution in [0.1, 0.15) is 18.1 Å². The van der Waals surface area contributed by atoms with Gasteiger partial charge >= 0.3 is 5.97 Å². The summed E-state index contributed by atoms with van der Waals surface area (Å²) in [5.41, 5.74) is 0.595. The van der Waals surface area contributed by atoms with E-state index in [9.17, 15) is 9.90 Å². The first kappa shape index (κ1) is 13.6. The van der Waals surface area contributed by atoms with Gasteiger partial charge < -0.3 is 9.84 Å². The summed E-state index contributed by atoms with van der Waals surface area (Å²) in [6.45, 7) is 0. The summed E-state index contributed by atoms with van der Waals surface area (Å²) in [4.78, 5) is 11.7. The number of aliphatic hydroxyl groups is 1. The van der Waals surface area contributed by atoms with Crippen LogP contribution in [0.3, 0.4) is 0 Å². The molecule has 19 heavy (non-hydrogen) atoms. The van der Waals surface area contributed by atoms with Crippen LogP contribution >= 0.6 is 11.6 Å². The summed E-state index contributed by atoms with van der Waals surface area (Å²) >= 11 is 5.83. The van der Waals surface area contributed by atoms with E-state index in [1.807, 2.05) is 6.07 Å². The third-order valence-corrected chi connectivity index (χ3v) is 2.80. The van der Waals surface area contributed by atoms with Gasteiger partial charge in [0.15, 0.2) is 0 Å². The predicted octanol–water partition coefficient (Wildman–Crippen LogP) is 3.37. The summed E-state index contributed by atoms with van der Waals surface area (Å²) < 4.78 is 5.10. The average Bonchev–Trinajstić information content (AvgIpc) is 2.39. The molecule has 4 heteroatoms. The lowest BCUT2D eigenvalue weighted by molar-refractivity contribution is -0.136. The number of carbonyl (C=O) groups excluding carboxylic acids is 1. The van der Waals surface area contributed by atoms with Crippen LogP contribution in [0.15, 0.2) is 54.6 Å². The van der Waals surface area contributed by atoms with Crippen LogP contribution in [0.2, 0.25) is 5.02 Å². The van der Waals surface area contributed by atoms with Gasteiger partial charge in [-0.2, -0.15) is 0 Å². The Kier molecular flexibility index (Phi) is 4.55. The van der Waals surface area contributed by atoms with Crippen molar-refractivity contribution >= 4 is 17.6 Å². The van der Waals surface area contributed by atoms with Crippen molar-refractivity contribution in [2.75, 3.05) is 0 Å². The fourth-order valence-corrected chi connectivity index (χ4v) is 1.85. The van der Waals surface area contributed by atoms with E-state index >= 15 is 0 Å². The molecule has 0 saturated carbocycles. The van der Waals surface area contributed by atoms with Gasteiger partial charge in [-0.25, -0.2) is 0 Å². The Morgan fingerprint density at radius 1 is 1.16 bits per heavy atom. The van der Waals surface area contributed by atoms with Crippen LogP contribution in [-0.4, -0.2) is 11.1 Å². The minimum absolute atomic E-state index is 0.116. The largest absolute Gasteiger partial charge is 0.426 e. The van der Waals surface area contributed by atoms with E-state index in [4.69, 9.17) is 16.3 Å². The molecule has 0 unspecified atom stereocenters. The second-order valence-corrected chi connectivity index (χ2v) is 4.50. The molecule has 2 aromatic carbocycles. The number of halogens is 1. The summed E-state index contributed by atoms with van der Waals surface area (Å²) in [7, 11) is 0. The highest BCUT2D eigenvalue weighted by atomic mass is 35.5. The van der Waals surface area contributed by atoms with Crippen LogP contribution in [0.25, 0.3) is 0 Å². The topological polar surface area (TPSA) is 46.5 Å². The Bertz CT molecular complexity index is 554. The van der Waals surface area contributed by atoms with E-state index in [0.717, 1.165) is 0 Å². The Morgan fingerprint density at radius 2 is 1.89 bits per heavy atom. The lowest BCUT2D eigenvalue weighted by Crippen LogP contribution is -2.12. The van der Waals surface area contributed by atoms with E-state index in [-0.39, 0.29) is 6.42 Å². The number of aliphatic hydroxyl groups excluding tert-OH is 1. The summed E-state index contributed by atoms with van der Waals surface area (Å²) in [6, 6.07) is 15.5. The molecule has 0 aromatic heterocycles. The molecular formula is C15H13ClO3. The Morgan fingerprint density at radius 3 is 2.58 bits per heavy atom. The minimum Gasteiger partial charge on any atom is -0.426 e. The first-order valence-corrected chi connectivity index (χ1v) is 6.22. The molecule has 0 aliphatic rings. The Labute approximate surface area is 116 Å². The molecule has 0 bridgehead atoms. The number of para-hydroxylation sites is 1. The highest BCUT2D eigenvalue weighted by Crippen LogP contribution is 2.21. The molecule has 0 fully saturated rings. The standard InChI is InChI=1S/C15H13ClO3/c16-12-6-4-5-11(9-12)14(17)10-15(18)19-13-7-2-1-3-8-13/h1-9,14,17H,10H2/t14-/m0/s1. The van der Waals surface area contributed by atoms with Gasteiger partial charge in [0.25, 0.3) is 0 Å². The molecular weight excluding hydrogens is 264 g/mol. The number of hydrogen-bond donors (Lipinski definition) is 1. The average molecular weight is 277 g/mol. The molecule has 3 nitrogen and oxygen atoms in total. The highest BCUT2D eigenvalue weighted by Gasteiger charge is 2.15. The monoisotopic (exact) mass is 276 g/mol. The quantitative estimate of drug-likeness (QED) is 0.688. The first-order chi connectivity index (χ1) is 9.15. The van der Waals surface area contributed by atoms with Gasteiger partial charge in [0.2, 0.25) is 0 Å². The minimum atomic E-state index is -0.921. The lowest BCUT2D eigenvalue weighted by atomic mass is 10.1. The van der Waals surface area contributed by atoms with Crippen molar-refractivity contribution in [1.82, 2.24) is 0 Å². The summed E-state index contributed by atoms with van der Waals surface area (Å²) in [6.07, 6.45) is -1.04. The normalized spacial score (nSPS) is 11.9. The van der Waals surface area contributed by atoms with Crippen molar-refractivity contribution in [3.8, 4) is 5.75 Å². The van der Waals surface area contributed by atoms with Crippen LogP contribution < -0.4 is 4.74 Å². The molecule has 2 rings (SSSR count). The Balaban J connectivity index is 1.95. The van der Waals surface area contributed by atoms with Crippen molar-refractivity contribution in [1.29, 1.82) is 0 Å². The van der Waals surface area contributed by atoms with E-state index in [1.165, 1.54) is 0 Å². The highest BCUT2D eigenvalue weighted by molar-refractivity contribution is 6.30. The fourth-order valence-electron chi connectivity index (χ4n) is 1.65. The van der Waals surface area contributed by atoms with Crippen molar-refractivity contribution in [3.63, 3.8) is 0 Å². The SMILES string of the molecule is O=C(C[C@H](O)c1cccc(Cl)c1)Oc1ccccc1. The van der Waals surface area contributed by atoms with Gasteiger partial charge in [-0.3, -0.25) is 4.79 Å². The molecule has 1 atom stereocenters. The van der Waals surface area contributed by atoms with Gasteiger partial charge in [-0.15, -0.1) is 0 Å². The van der Waals surface area contributed by atoms with Crippen LogP contribution in [0.4, 0.5) is 0 Å². The lowest BCUT2D eigenvalue weighted by Gasteiger charge is -2.10. The predicted molar refractivity (Wildman–Crippen MR) is 73.1 cm³/mol. The van der Waals surface area contributed by atoms with Gasteiger partial charge in [0, 0.05) is 5.02 Å². The second-order valence-electron chi connectivity index (χ2n) is 4.06. The summed E-state index contributed by atoms with van der Waals surface area (Å²) in [5, 5.41) is 10.5. The maximum absolute atomic E-state index is 11.7. The van der Waals surface area contributed by atoms with Crippen LogP contribution in [0.5, 0.6) is 5.75 Å². The van der Waals surface area contributed by atoms with Crippen molar-refractivity contribution in [3.05, 3.63) is 65.2 Å². The molecule has 0 radical (unpaired) electrons. The smallest absolute Gasteiger partial charge is 0.314 e. The van der Waals surface area contributed by atoms with Crippen molar-refractivity contribution in [2.24, 2.45) is 0 Å². The number of ether oxygens (including phenoxy) is 1. The maximum Gasteiger partial charge on any atom is 0.314 e. The number of carbonyl (C=O) groups is 1. The molecule has 1 N–H and O–H groups in total.